The van der Waals surface area contributed by atoms with Crippen LogP contribution in [0.15, 0.2) is 76.5 Å². The van der Waals surface area contributed by atoms with E-state index in [4.69, 9.17) is 16.3 Å². The van der Waals surface area contributed by atoms with Gasteiger partial charge in [0.15, 0.2) is 0 Å². The van der Waals surface area contributed by atoms with Crippen molar-refractivity contribution in [2.24, 2.45) is 0 Å². The van der Waals surface area contributed by atoms with Crippen molar-refractivity contribution in [1.29, 1.82) is 0 Å². The van der Waals surface area contributed by atoms with Crippen molar-refractivity contribution in [2.45, 2.75) is 16.3 Å². The first-order valence-electron chi connectivity index (χ1n) is 8.92. The fourth-order valence-electron chi connectivity index (χ4n) is 2.82. The van der Waals surface area contributed by atoms with Crippen molar-refractivity contribution in [1.82, 2.24) is 5.32 Å². The van der Waals surface area contributed by atoms with E-state index in [1.807, 2.05) is 0 Å². The standard InChI is InChI=1S/C21H17ClN2O6S/c1-30-17-8-5-14(6-9-17)13-23-21(25)15-7-10-20(19(11-15)24(26)27)31(28,29)18-4-2-3-16(22)12-18/h2-12H,13H2,1H3,(H,23,25). The van der Waals surface area contributed by atoms with Crippen LogP contribution in [-0.4, -0.2) is 26.4 Å². The van der Waals surface area contributed by atoms with Gasteiger partial charge in [-0.25, -0.2) is 8.42 Å². The second kappa shape index (κ2) is 9.15. The number of nitrogens with one attached hydrogen (secondary N) is 1. The van der Waals surface area contributed by atoms with Gasteiger partial charge in [-0.15, -0.1) is 0 Å². The predicted octanol–water partition coefficient (Wildman–Crippen LogP) is 4.02. The molecule has 1 N–H and O–H groups in total. The normalized spacial score (nSPS) is 11.0. The molecule has 1 amide bonds. The number of amides is 1. The second-order valence-corrected chi connectivity index (χ2v) is 8.79. The number of halogens is 1. The first-order valence-corrected chi connectivity index (χ1v) is 10.8. The van der Waals surface area contributed by atoms with E-state index >= 15 is 0 Å². The smallest absolute Gasteiger partial charge is 0.289 e. The lowest BCUT2D eigenvalue weighted by molar-refractivity contribution is -0.387. The number of nitro groups is 1. The summed E-state index contributed by atoms with van der Waals surface area (Å²) in [5, 5.41) is 14.4. The molecule has 0 atom stereocenters. The Hall–Kier alpha value is -3.43. The zero-order valence-corrected chi connectivity index (χ0v) is 17.8. The van der Waals surface area contributed by atoms with Crippen LogP contribution < -0.4 is 10.1 Å². The van der Waals surface area contributed by atoms with Gasteiger partial charge >= 0.3 is 0 Å². The third-order valence-corrected chi connectivity index (χ3v) is 6.46. The summed E-state index contributed by atoms with van der Waals surface area (Å²) in [5.74, 6) is 0.0906. The number of ether oxygens (including phenoxy) is 1. The molecule has 8 nitrogen and oxygen atoms in total. The number of nitrogens with zero attached hydrogens (tertiary/aromatic N) is 1. The molecule has 0 fully saturated rings. The van der Waals surface area contributed by atoms with E-state index in [9.17, 15) is 23.3 Å². The molecular weight excluding hydrogens is 444 g/mol. The molecule has 3 aromatic rings. The van der Waals surface area contributed by atoms with Gasteiger partial charge in [-0.3, -0.25) is 14.9 Å². The Bertz CT molecular complexity index is 1240. The minimum absolute atomic E-state index is 0.0368. The number of methoxy groups -OCH3 is 1. The maximum atomic E-state index is 12.9. The van der Waals surface area contributed by atoms with Crippen molar-refractivity contribution in [2.75, 3.05) is 7.11 Å². The quantitative estimate of drug-likeness (QED) is 0.420. The molecule has 3 rings (SSSR count). The summed E-state index contributed by atoms with van der Waals surface area (Å²) in [6.07, 6.45) is 0. The zero-order chi connectivity index (χ0) is 22.6. The Balaban J connectivity index is 1.87. The van der Waals surface area contributed by atoms with Crippen LogP contribution in [0.3, 0.4) is 0 Å². The minimum atomic E-state index is -4.21. The molecule has 0 bridgehead atoms. The van der Waals surface area contributed by atoms with Crippen molar-refractivity contribution in [3.8, 4) is 5.75 Å². The molecule has 0 aliphatic heterocycles. The van der Waals surface area contributed by atoms with Crippen LogP contribution in [0.25, 0.3) is 0 Å². The predicted molar refractivity (Wildman–Crippen MR) is 114 cm³/mol. The van der Waals surface area contributed by atoms with E-state index in [0.29, 0.717) is 5.75 Å². The molecular formula is C21H17ClN2O6S. The second-order valence-electron chi connectivity index (χ2n) is 6.43. The summed E-state index contributed by atoms with van der Waals surface area (Å²) in [6, 6.07) is 15.7. The summed E-state index contributed by atoms with van der Waals surface area (Å²) in [6.45, 7) is 0.180. The van der Waals surface area contributed by atoms with E-state index in [2.05, 4.69) is 5.32 Å². The molecule has 0 saturated heterocycles. The monoisotopic (exact) mass is 460 g/mol. The van der Waals surface area contributed by atoms with Crippen LogP contribution in [0, 0.1) is 10.1 Å². The molecule has 0 aromatic heterocycles. The molecule has 0 aliphatic carbocycles. The zero-order valence-electron chi connectivity index (χ0n) is 16.2. The van der Waals surface area contributed by atoms with Crippen molar-refractivity contribution < 1.29 is 22.9 Å². The number of nitro benzene ring substituents is 1. The van der Waals surface area contributed by atoms with Crippen LogP contribution in [0.1, 0.15) is 15.9 Å². The van der Waals surface area contributed by atoms with Crippen molar-refractivity contribution in [3.05, 3.63) is 93.0 Å². The van der Waals surface area contributed by atoms with Gasteiger partial charge in [-0.05, 0) is 48.0 Å². The Morgan fingerprint density at radius 3 is 2.42 bits per heavy atom. The largest absolute Gasteiger partial charge is 0.497 e. The number of hydrogen-bond acceptors (Lipinski definition) is 6. The van der Waals surface area contributed by atoms with Crippen LogP contribution in [-0.2, 0) is 16.4 Å². The summed E-state index contributed by atoms with van der Waals surface area (Å²) < 4.78 is 30.8. The topological polar surface area (TPSA) is 116 Å². The van der Waals surface area contributed by atoms with Crippen LogP contribution >= 0.6 is 11.6 Å². The molecule has 0 unspecified atom stereocenters. The Morgan fingerprint density at radius 2 is 1.81 bits per heavy atom. The first kappa shape index (κ1) is 22.3. The molecule has 3 aromatic carbocycles. The fourth-order valence-corrected chi connectivity index (χ4v) is 4.52. The van der Waals surface area contributed by atoms with Gasteiger partial charge in [0.05, 0.1) is 16.9 Å². The van der Waals surface area contributed by atoms with Gasteiger partial charge in [0, 0.05) is 23.2 Å². The lowest BCUT2D eigenvalue weighted by Gasteiger charge is -2.09. The van der Waals surface area contributed by atoms with Gasteiger partial charge in [-0.1, -0.05) is 29.8 Å². The Labute approximate surface area is 183 Å². The van der Waals surface area contributed by atoms with E-state index in [-0.39, 0.29) is 22.0 Å². The third kappa shape index (κ3) is 5.01. The maximum absolute atomic E-state index is 12.9. The SMILES string of the molecule is COc1ccc(CNC(=O)c2ccc(S(=O)(=O)c3cccc(Cl)c3)c([N+](=O)[O-])c2)cc1. The molecule has 0 heterocycles. The van der Waals surface area contributed by atoms with Crippen molar-refractivity contribution >= 4 is 33.0 Å². The molecule has 0 saturated carbocycles. The summed E-state index contributed by atoms with van der Waals surface area (Å²) >= 11 is 5.85. The van der Waals surface area contributed by atoms with Gasteiger partial charge in [0.1, 0.15) is 10.6 Å². The molecule has 31 heavy (non-hydrogen) atoms. The number of rotatable bonds is 7. The van der Waals surface area contributed by atoms with Gasteiger partial charge < -0.3 is 10.1 Å². The molecule has 0 aliphatic rings. The maximum Gasteiger partial charge on any atom is 0.289 e. The molecule has 10 heteroatoms. The fraction of sp³-hybridized carbons (Fsp3) is 0.0952. The van der Waals surface area contributed by atoms with Gasteiger partial charge in [0.2, 0.25) is 9.84 Å². The van der Waals surface area contributed by atoms with Crippen LogP contribution in [0.5, 0.6) is 5.75 Å². The number of carbonyl (C=O) groups excluding carboxylic acids is 1. The number of sulfone groups is 1. The molecule has 0 spiro atoms. The Morgan fingerprint density at radius 1 is 1.10 bits per heavy atom. The minimum Gasteiger partial charge on any atom is -0.497 e. The van der Waals surface area contributed by atoms with Crippen molar-refractivity contribution in [3.63, 3.8) is 0 Å². The highest BCUT2D eigenvalue weighted by Crippen LogP contribution is 2.31. The van der Waals surface area contributed by atoms with E-state index < -0.39 is 31.3 Å². The van der Waals surface area contributed by atoms with Crippen LogP contribution in [0.4, 0.5) is 5.69 Å². The highest BCUT2D eigenvalue weighted by atomic mass is 35.5. The van der Waals surface area contributed by atoms with Crippen LogP contribution in [0.2, 0.25) is 5.02 Å². The number of hydrogen-bond donors (Lipinski definition) is 1. The summed E-state index contributed by atoms with van der Waals surface area (Å²) in [4.78, 5) is 22.5. The highest BCUT2D eigenvalue weighted by Gasteiger charge is 2.29. The number of carbonyl (C=O) groups is 1. The van der Waals surface area contributed by atoms with E-state index in [1.165, 1.54) is 30.3 Å². The van der Waals surface area contributed by atoms with E-state index in [1.54, 1.807) is 31.4 Å². The third-order valence-electron chi connectivity index (χ3n) is 4.43. The molecule has 160 valence electrons. The lowest BCUT2D eigenvalue weighted by Crippen LogP contribution is -2.23. The lowest BCUT2D eigenvalue weighted by atomic mass is 10.1. The first-order chi connectivity index (χ1) is 14.7. The summed E-state index contributed by atoms with van der Waals surface area (Å²) in [7, 11) is -2.67. The average molecular weight is 461 g/mol. The molecule has 0 radical (unpaired) electrons. The number of benzene rings is 3. The van der Waals surface area contributed by atoms with Gasteiger partial charge in [0.25, 0.3) is 11.6 Å². The van der Waals surface area contributed by atoms with E-state index in [0.717, 1.165) is 17.7 Å². The Kier molecular flexibility index (Phi) is 6.57. The highest BCUT2D eigenvalue weighted by molar-refractivity contribution is 7.91. The summed E-state index contributed by atoms with van der Waals surface area (Å²) in [5.41, 5.74) is 0.0612. The average Bonchev–Trinajstić information content (AvgIpc) is 2.77. The van der Waals surface area contributed by atoms with Gasteiger partial charge in [-0.2, -0.15) is 0 Å².